The van der Waals surface area contributed by atoms with E-state index in [0.29, 0.717) is 49.8 Å². The maximum atomic E-state index is 14.1. The minimum absolute atomic E-state index is 0.184. The summed E-state index contributed by atoms with van der Waals surface area (Å²) in [5, 5.41) is 9.51. The van der Waals surface area contributed by atoms with E-state index in [4.69, 9.17) is 14.2 Å². The number of ether oxygens (including phenoxy) is 3. The van der Waals surface area contributed by atoms with Gasteiger partial charge in [0.25, 0.3) is 5.56 Å². The molecule has 1 aliphatic rings. The lowest BCUT2D eigenvalue weighted by Crippen LogP contribution is -2.39. The number of halogens is 2. The average Bonchev–Trinajstić information content (AvgIpc) is 3.30. The summed E-state index contributed by atoms with van der Waals surface area (Å²) in [6, 6.07) is 19.9. The molecule has 0 unspecified atom stereocenters. The number of nitrogens with zero attached hydrogens (tertiary/aromatic N) is 3. The normalized spacial score (nSPS) is 14.5. The summed E-state index contributed by atoms with van der Waals surface area (Å²) in [6.45, 7) is 6.31. The van der Waals surface area contributed by atoms with Gasteiger partial charge in [-0.05, 0) is 85.3 Å². The van der Waals surface area contributed by atoms with Gasteiger partial charge in [0.05, 0.1) is 50.3 Å². The second-order valence-corrected chi connectivity index (χ2v) is 12.8. The van der Waals surface area contributed by atoms with Crippen molar-refractivity contribution in [2.24, 2.45) is 4.99 Å². The molecule has 224 valence electrons. The van der Waals surface area contributed by atoms with Crippen molar-refractivity contribution in [2.75, 3.05) is 13.2 Å². The molecule has 1 atom stereocenters. The summed E-state index contributed by atoms with van der Waals surface area (Å²) in [4.78, 5) is 32.5. The molecule has 3 aromatic carbocycles. The Morgan fingerprint density at radius 1 is 1.14 bits per heavy atom. The zero-order valence-corrected chi connectivity index (χ0v) is 28.7. The van der Waals surface area contributed by atoms with E-state index in [9.17, 15) is 14.9 Å². The molecule has 0 aliphatic carbocycles. The fourth-order valence-electron chi connectivity index (χ4n) is 4.91. The van der Waals surface area contributed by atoms with E-state index in [1.54, 1.807) is 30.6 Å². The molecule has 1 aromatic heterocycles. The molecule has 0 saturated heterocycles. The number of carbonyl (C=O) groups excluding carboxylic acids is 1. The first-order valence-corrected chi connectivity index (χ1v) is 16.5. The first kappa shape index (κ1) is 31.7. The minimum Gasteiger partial charge on any atom is -0.494 e. The van der Waals surface area contributed by atoms with Crippen molar-refractivity contribution >= 4 is 61.9 Å². The predicted molar refractivity (Wildman–Crippen MR) is 180 cm³/mol. The molecule has 0 fully saturated rings. The van der Waals surface area contributed by atoms with Gasteiger partial charge in [-0.3, -0.25) is 9.36 Å². The molecule has 11 heteroatoms. The van der Waals surface area contributed by atoms with E-state index in [-0.39, 0.29) is 18.8 Å². The lowest BCUT2D eigenvalue weighted by Gasteiger charge is -2.24. The number of benzene rings is 3. The van der Waals surface area contributed by atoms with Gasteiger partial charge in [-0.25, -0.2) is 9.79 Å². The molecular weight excluding hydrogens is 757 g/mol. The van der Waals surface area contributed by atoms with E-state index in [0.717, 1.165) is 19.2 Å². The van der Waals surface area contributed by atoms with Gasteiger partial charge in [0.2, 0.25) is 0 Å². The van der Waals surface area contributed by atoms with Crippen LogP contribution in [0.25, 0.3) is 6.08 Å². The van der Waals surface area contributed by atoms with Crippen molar-refractivity contribution < 1.29 is 19.0 Å². The van der Waals surface area contributed by atoms with Crippen molar-refractivity contribution in [3.63, 3.8) is 0 Å². The number of thiazole rings is 1. The number of carbonyl (C=O) groups is 1. The summed E-state index contributed by atoms with van der Waals surface area (Å²) in [5.41, 5.74) is 3.23. The lowest BCUT2D eigenvalue weighted by atomic mass is 9.96. The highest BCUT2D eigenvalue weighted by Crippen LogP contribution is 2.33. The third-order valence-electron chi connectivity index (χ3n) is 6.86. The Morgan fingerprint density at radius 3 is 2.59 bits per heavy atom. The van der Waals surface area contributed by atoms with Crippen molar-refractivity contribution in [3.05, 3.63) is 122 Å². The summed E-state index contributed by atoms with van der Waals surface area (Å²) in [7, 11) is 0. The fourth-order valence-corrected chi connectivity index (χ4v) is 7.65. The van der Waals surface area contributed by atoms with Crippen LogP contribution in [0.1, 0.15) is 49.1 Å². The summed E-state index contributed by atoms with van der Waals surface area (Å²) in [5.74, 6) is 0.756. The molecule has 0 N–H and O–H groups in total. The second kappa shape index (κ2) is 13.9. The van der Waals surface area contributed by atoms with Gasteiger partial charge in [-0.1, -0.05) is 57.6 Å². The Balaban J connectivity index is 1.64. The number of hydrogen-bond donors (Lipinski definition) is 0. The van der Waals surface area contributed by atoms with Gasteiger partial charge in [0, 0.05) is 15.6 Å². The largest absolute Gasteiger partial charge is 0.494 e. The standard InChI is InChI=1S/C33H27BrIN3O5S/c1-4-41-25-12-10-20(11-13-25)29-28(32(40)42-5-2)19(3)37-33-38(29)31(39)27(44-33)15-23-14-24(34)16-26(35)30(23)43-18-22-9-7-6-8-21(22)17-36/h6-16,29H,4-5,18H2,1-3H3/b27-15-/t29-/m1/s1. The van der Waals surface area contributed by atoms with E-state index >= 15 is 0 Å². The number of fused-ring (bicyclic) bond motifs is 1. The Morgan fingerprint density at radius 2 is 1.89 bits per heavy atom. The molecule has 0 bridgehead atoms. The minimum atomic E-state index is -0.732. The molecule has 5 rings (SSSR count). The highest BCUT2D eigenvalue weighted by molar-refractivity contribution is 14.1. The average molecular weight is 784 g/mol. The van der Waals surface area contributed by atoms with Crippen LogP contribution in [0.15, 0.2) is 86.2 Å². The Hall–Kier alpha value is -3.73. The van der Waals surface area contributed by atoms with Crippen LogP contribution in [0.2, 0.25) is 0 Å². The SMILES string of the molecule is CCOC(=O)C1=C(C)N=c2s/c(=C\c3cc(Br)cc(I)c3OCc3ccccc3C#N)c(=O)n2[C@@H]1c1ccc(OCC)cc1. The van der Waals surface area contributed by atoms with Crippen LogP contribution < -0.4 is 24.4 Å². The lowest BCUT2D eigenvalue weighted by molar-refractivity contribution is -0.139. The number of allylic oxidation sites excluding steroid dienone is 1. The maximum Gasteiger partial charge on any atom is 0.338 e. The quantitative estimate of drug-likeness (QED) is 0.152. The van der Waals surface area contributed by atoms with Crippen LogP contribution in [-0.4, -0.2) is 23.8 Å². The zero-order chi connectivity index (χ0) is 31.4. The monoisotopic (exact) mass is 783 g/mol. The summed E-state index contributed by atoms with van der Waals surface area (Å²) >= 11 is 7.00. The number of aromatic nitrogens is 1. The molecule has 44 heavy (non-hydrogen) atoms. The van der Waals surface area contributed by atoms with E-state index in [1.807, 2.05) is 61.5 Å². The molecule has 0 spiro atoms. The first-order valence-electron chi connectivity index (χ1n) is 13.8. The number of esters is 1. The van der Waals surface area contributed by atoms with Gasteiger partial charge in [0.1, 0.15) is 18.1 Å². The predicted octanol–water partition coefficient (Wildman–Crippen LogP) is 6.01. The fraction of sp³-hybridized carbons (Fsp3) is 0.212. The van der Waals surface area contributed by atoms with Crippen LogP contribution in [0.4, 0.5) is 0 Å². The van der Waals surface area contributed by atoms with Crippen molar-refractivity contribution in [2.45, 2.75) is 33.4 Å². The van der Waals surface area contributed by atoms with E-state index in [2.05, 4.69) is 49.6 Å². The number of hydrogen-bond acceptors (Lipinski definition) is 8. The van der Waals surface area contributed by atoms with Crippen molar-refractivity contribution in [1.82, 2.24) is 4.57 Å². The van der Waals surface area contributed by atoms with E-state index in [1.165, 1.54) is 11.3 Å². The van der Waals surface area contributed by atoms with E-state index < -0.39 is 12.0 Å². The molecule has 0 saturated carbocycles. The van der Waals surface area contributed by atoms with Crippen molar-refractivity contribution in [1.29, 1.82) is 5.26 Å². The van der Waals surface area contributed by atoms with Gasteiger partial charge >= 0.3 is 5.97 Å². The second-order valence-electron chi connectivity index (χ2n) is 9.67. The molecule has 0 amide bonds. The van der Waals surface area contributed by atoms with Crippen LogP contribution in [0.3, 0.4) is 0 Å². The molecule has 4 aromatic rings. The maximum absolute atomic E-state index is 14.1. The molecule has 2 heterocycles. The highest BCUT2D eigenvalue weighted by Gasteiger charge is 2.33. The molecular formula is C33H27BrIN3O5S. The van der Waals surface area contributed by atoms with Crippen LogP contribution in [0.5, 0.6) is 11.5 Å². The Bertz CT molecular complexity index is 1990. The van der Waals surface area contributed by atoms with Gasteiger partial charge < -0.3 is 14.2 Å². The van der Waals surface area contributed by atoms with Crippen molar-refractivity contribution in [3.8, 4) is 17.6 Å². The molecule has 0 radical (unpaired) electrons. The number of rotatable bonds is 9. The van der Waals surface area contributed by atoms with Crippen LogP contribution in [-0.2, 0) is 16.1 Å². The Kier molecular flexibility index (Phi) is 10.0. The molecule has 8 nitrogen and oxygen atoms in total. The third-order valence-corrected chi connectivity index (χ3v) is 9.10. The topological polar surface area (TPSA) is 103 Å². The van der Waals surface area contributed by atoms with Crippen LogP contribution >= 0.6 is 49.9 Å². The van der Waals surface area contributed by atoms with Gasteiger partial charge in [0.15, 0.2) is 4.80 Å². The number of nitriles is 1. The third kappa shape index (κ3) is 6.52. The summed E-state index contributed by atoms with van der Waals surface area (Å²) in [6.07, 6.45) is 1.78. The highest BCUT2D eigenvalue weighted by atomic mass is 127. The zero-order valence-electron chi connectivity index (χ0n) is 24.1. The Labute approximate surface area is 280 Å². The molecule has 1 aliphatic heterocycles. The van der Waals surface area contributed by atoms with Gasteiger partial charge in [-0.15, -0.1) is 0 Å². The smallest absolute Gasteiger partial charge is 0.338 e. The van der Waals surface area contributed by atoms with Crippen LogP contribution in [0, 0.1) is 14.9 Å². The summed E-state index contributed by atoms with van der Waals surface area (Å²) < 4.78 is 20.9. The van der Waals surface area contributed by atoms with Gasteiger partial charge in [-0.2, -0.15) is 5.26 Å². The first-order chi connectivity index (χ1) is 21.2.